The van der Waals surface area contributed by atoms with Gasteiger partial charge in [-0.05, 0) is 59.8 Å². The van der Waals surface area contributed by atoms with Gasteiger partial charge in [0.25, 0.3) is 10.1 Å². The van der Waals surface area contributed by atoms with Gasteiger partial charge < -0.3 is 15.3 Å². The third-order valence-corrected chi connectivity index (χ3v) is 7.62. The van der Waals surface area contributed by atoms with Crippen molar-refractivity contribution in [2.75, 3.05) is 0 Å². The molecule has 0 unspecified atom stereocenters. The summed E-state index contributed by atoms with van der Waals surface area (Å²) in [5.41, 5.74) is 0.622. The molecule has 5 aromatic rings. The number of hydrogen-bond donors (Lipinski definition) is 4. The van der Waals surface area contributed by atoms with Gasteiger partial charge >= 0.3 is 11.9 Å². The van der Waals surface area contributed by atoms with Crippen molar-refractivity contribution < 1.29 is 37.9 Å². The van der Waals surface area contributed by atoms with Crippen LogP contribution in [0.25, 0.3) is 21.5 Å². The van der Waals surface area contributed by atoms with Crippen molar-refractivity contribution in [2.45, 2.75) is 24.7 Å². The summed E-state index contributed by atoms with van der Waals surface area (Å²) in [5.74, 6) is -3.09. The second-order valence-corrected chi connectivity index (χ2v) is 11.2. The fourth-order valence-corrected chi connectivity index (χ4v) is 5.36. The quantitative estimate of drug-likeness (QED) is 0.0944. The number of azo groups is 2. The van der Waals surface area contributed by atoms with E-state index in [1.165, 1.54) is 24.3 Å². The Balaban J connectivity index is 1.59. The topological polar surface area (TPSA) is 199 Å². The van der Waals surface area contributed by atoms with Crippen LogP contribution in [0.1, 0.15) is 39.6 Å². The maximum Gasteiger partial charge on any atom is 0.335 e. The van der Waals surface area contributed by atoms with Crippen molar-refractivity contribution in [3.8, 4) is 5.75 Å². The van der Waals surface area contributed by atoms with Crippen LogP contribution in [0.4, 0.5) is 22.7 Å². The normalized spacial score (nSPS) is 12.0. The van der Waals surface area contributed by atoms with Crippen LogP contribution < -0.4 is 0 Å². The minimum absolute atomic E-state index is 0.0155. The van der Waals surface area contributed by atoms with E-state index >= 15 is 0 Å². The lowest BCUT2D eigenvalue weighted by atomic mass is 10.0. The van der Waals surface area contributed by atoms with Gasteiger partial charge in [0.2, 0.25) is 0 Å². The van der Waals surface area contributed by atoms with Crippen LogP contribution >= 0.6 is 0 Å². The Labute approximate surface area is 250 Å². The van der Waals surface area contributed by atoms with Gasteiger partial charge in [-0.15, -0.1) is 15.3 Å². The molecule has 0 aliphatic rings. The minimum Gasteiger partial charge on any atom is -0.505 e. The van der Waals surface area contributed by atoms with Gasteiger partial charge in [-0.25, -0.2) is 9.59 Å². The Morgan fingerprint density at radius 2 is 1.32 bits per heavy atom. The number of fused-ring (bicyclic) bond motifs is 2. The van der Waals surface area contributed by atoms with Crippen molar-refractivity contribution in [1.82, 2.24) is 0 Å². The molecular weight excluding hydrogens is 588 g/mol. The zero-order chi connectivity index (χ0) is 31.6. The number of carbonyl (C=O) groups is 2. The summed E-state index contributed by atoms with van der Waals surface area (Å²) in [6.45, 7) is 2.01. The number of carboxylic acid groups (broad SMARTS) is 2. The maximum absolute atomic E-state index is 12.2. The number of nitrogens with zero attached hydrogens (tertiary/aromatic N) is 4. The highest BCUT2D eigenvalue weighted by Crippen LogP contribution is 2.43. The van der Waals surface area contributed by atoms with Gasteiger partial charge in [0.15, 0.2) is 5.75 Å². The van der Waals surface area contributed by atoms with Gasteiger partial charge in [0, 0.05) is 16.2 Å². The number of aromatic hydroxyl groups is 1. The zero-order valence-electron chi connectivity index (χ0n) is 23.0. The summed E-state index contributed by atoms with van der Waals surface area (Å²) < 4.78 is 34.4. The highest BCUT2D eigenvalue weighted by molar-refractivity contribution is 7.86. The van der Waals surface area contributed by atoms with E-state index in [9.17, 15) is 37.9 Å². The van der Waals surface area contributed by atoms with Crippen molar-refractivity contribution in [3.05, 3.63) is 95.6 Å². The first kappa shape index (κ1) is 29.9. The van der Waals surface area contributed by atoms with Crippen molar-refractivity contribution in [1.29, 1.82) is 0 Å². The van der Waals surface area contributed by atoms with E-state index in [1.54, 1.807) is 42.5 Å². The number of carboxylic acids is 2. The van der Waals surface area contributed by atoms with E-state index in [0.717, 1.165) is 24.5 Å². The molecule has 0 aliphatic heterocycles. The molecular formula is C31H24N4O8S. The third-order valence-electron chi connectivity index (χ3n) is 6.75. The highest BCUT2D eigenvalue weighted by atomic mass is 32.2. The molecule has 0 amide bonds. The summed E-state index contributed by atoms with van der Waals surface area (Å²) >= 11 is 0. The van der Waals surface area contributed by atoms with Crippen LogP contribution in [-0.2, 0) is 16.5 Å². The van der Waals surface area contributed by atoms with Crippen LogP contribution in [0.15, 0.2) is 104 Å². The van der Waals surface area contributed by atoms with Crippen LogP contribution in [0.3, 0.4) is 0 Å². The number of hydrogen-bond acceptors (Lipinski definition) is 9. The molecule has 0 heterocycles. The summed E-state index contributed by atoms with van der Waals surface area (Å²) in [6, 6.07) is 19.8. The molecule has 5 aromatic carbocycles. The number of phenols is 1. The average Bonchev–Trinajstić information content (AvgIpc) is 2.99. The van der Waals surface area contributed by atoms with E-state index in [4.69, 9.17) is 0 Å². The second kappa shape index (κ2) is 12.0. The van der Waals surface area contributed by atoms with Crippen LogP contribution in [-0.4, -0.2) is 40.2 Å². The molecule has 0 radical (unpaired) electrons. The highest BCUT2D eigenvalue weighted by Gasteiger charge is 2.22. The predicted molar refractivity (Wildman–Crippen MR) is 162 cm³/mol. The van der Waals surface area contributed by atoms with Crippen LogP contribution in [0.2, 0.25) is 0 Å². The molecule has 13 heteroatoms. The Kier molecular flexibility index (Phi) is 8.16. The molecule has 0 saturated carbocycles. The molecule has 222 valence electrons. The first-order valence-corrected chi connectivity index (χ1v) is 14.6. The Morgan fingerprint density at radius 3 is 1.86 bits per heavy atom. The smallest absolute Gasteiger partial charge is 0.335 e. The fourth-order valence-electron chi connectivity index (χ4n) is 4.70. The number of aromatic carboxylic acids is 2. The molecule has 0 spiro atoms. The SMILES string of the molecule is CCCc1ccc2cc(S(=O)(=O)O)c(N=Nc3ccc(N=Nc4cc(C(=O)O)cc(C(=O)O)c4)c4ccccc34)c(O)c2c1. The molecule has 12 nitrogen and oxygen atoms in total. The van der Waals surface area contributed by atoms with E-state index in [1.807, 2.05) is 13.0 Å². The Morgan fingerprint density at radius 1 is 0.727 bits per heavy atom. The van der Waals surface area contributed by atoms with Gasteiger partial charge in [-0.1, -0.05) is 49.7 Å². The number of benzene rings is 5. The third kappa shape index (κ3) is 6.14. The average molecular weight is 613 g/mol. The van der Waals surface area contributed by atoms with Crippen molar-refractivity contribution in [2.24, 2.45) is 20.5 Å². The first-order chi connectivity index (χ1) is 21.0. The summed E-state index contributed by atoms with van der Waals surface area (Å²) in [6.07, 6.45) is 1.61. The Hall–Kier alpha value is -5.53. The number of aryl methyl sites for hydroxylation is 1. The Bertz CT molecular complexity index is 2110. The molecule has 0 atom stereocenters. The predicted octanol–water partition coefficient (Wildman–Crippen LogP) is 8.13. The molecule has 0 bridgehead atoms. The second-order valence-electron chi connectivity index (χ2n) is 9.78. The van der Waals surface area contributed by atoms with Crippen LogP contribution in [0.5, 0.6) is 5.75 Å². The van der Waals surface area contributed by atoms with Gasteiger partial charge in [-0.3, -0.25) is 4.55 Å². The van der Waals surface area contributed by atoms with E-state index in [2.05, 4.69) is 20.5 Å². The monoisotopic (exact) mass is 612 g/mol. The summed E-state index contributed by atoms with van der Waals surface area (Å²) in [7, 11) is -4.79. The van der Waals surface area contributed by atoms with Gasteiger partial charge in [0.1, 0.15) is 10.6 Å². The first-order valence-electron chi connectivity index (χ1n) is 13.2. The number of rotatable bonds is 9. The molecule has 5 rings (SSSR count). The standard InChI is InChI=1S/C31H24N4O8S/c1-2-5-17-8-9-18-16-27(44(41,42)43)28(29(36)24(18)12-17)35-34-26-11-10-25(22-6-3-4-7-23(22)26)33-32-21-14-19(30(37)38)13-20(15-21)31(39)40/h3-4,6-16,36H,2,5H2,1H3,(H,37,38)(H,39,40)(H,41,42,43). The molecule has 4 N–H and O–H groups in total. The van der Waals surface area contributed by atoms with Crippen molar-refractivity contribution in [3.63, 3.8) is 0 Å². The van der Waals surface area contributed by atoms with E-state index in [0.29, 0.717) is 27.2 Å². The minimum atomic E-state index is -4.79. The molecule has 0 aliphatic carbocycles. The number of phenolic OH excluding ortho intramolecular Hbond substituents is 1. The van der Waals surface area contributed by atoms with Gasteiger partial charge in [-0.2, -0.15) is 13.5 Å². The lowest BCUT2D eigenvalue weighted by molar-refractivity contribution is 0.0696. The zero-order valence-corrected chi connectivity index (χ0v) is 23.9. The van der Waals surface area contributed by atoms with E-state index in [-0.39, 0.29) is 22.5 Å². The van der Waals surface area contributed by atoms with Crippen LogP contribution in [0, 0.1) is 0 Å². The van der Waals surface area contributed by atoms with Crippen molar-refractivity contribution >= 4 is 66.4 Å². The lowest BCUT2D eigenvalue weighted by Gasteiger charge is -2.10. The maximum atomic E-state index is 12.2. The molecule has 44 heavy (non-hydrogen) atoms. The van der Waals surface area contributed by atoms with E-state index < -0.39 is 38.4 Å². The summed E-state index contributed by atoms with van der Waals surface area (Å²) in [5, 5.41) is 48.1. The largest absolute Gasteiger partial charge is 0.505 e. The summed E-state index contributed by atoms with van der Waals surface area (Å²) in [4.78, 5) is 22.3. The fraction of sp³-hybridized carbons (Fsp3) is 0.0968. The van der Waals surface area contributed by atoms with Gasteiger partial charge in [0.05, 0.1) is 28.2 Å². The molecule has 0 aromatic heterocycles. The molecule has 0 saturated heterocycles. The molecule has 0 fully saturated rings. The lowest BCUT2D eigenvalue weighted by Crippen LogP contribution is -2.01.